The predicted molar refractivity (Wildman–Crippen MR) is 77.7 cm³/mol. The van der Waals surface area contributed by atoms with E-state index in [1.165, 1.54) is 29.8 Å². The summed E-state index contributed by atoms with van der Waals surface area (Å²) < 4.78 is 27.3. The maximum Gasteiger partial charge on any atom is 0.242 e. The summed E-state index contributed by atoms with van der Waals surface area (Å²) in [5.41, 5.74) is 0. The van der Waals surface area contributed by atoms with Gasteiger partial charge in [0.25, 0.3) is 0 Å². The molecule has 1 N–H and O–H groups in total. The van der Waals surface area contributed by atoms with Gasteiger partial charge in [-0.3, -0.25) is 4.98 Å². The number of pyridine rings is 1. The van der Waals surface area contributed by atoms with Crippen LogP contribution in [0, 0.1) is 0 Å². The highest BCUT2D eigenvalue weighted by Gasteiger charge is 2.17. The Morgan fingerprint density at radius 2 is 2.26 bits per heavy atom. The van der Waals surface area contributed by atoms with Gasteiger partial charge in [-0.15, -0.1) is 11.3 Å². The van der Waals surface area contributed by atoms with E-state index in [0.29, 0.717) is 11.0 Å². The monoisotopic (exact) mass is 361 g/mol. The number of sulfonamides is 1. The van der Waals surface area contributed by atoms with Gasteiger partial charge in [0.1, 0.15) is 4.90 Å². The van der Waals surface area contributed by atoms with Gasteiger partial charge in [-0.2, -0.15) is 0 Å². The molecule has 0 amide bonds. The van der Waals surface area contributed by atoms with Crippen molar-refractivity contribution >= 4 is 37.3 Å². The Morgan fingerprint density at radius 1 is 1.47 bits per heavy atom. The number of thiazole rings is 1. The van der Waals surface area contributed by atoms with Crippen molar-refractivity contribution in [1.29, 1.82) is 0 Å². The molecule has 0 aromatic carbocycles. The van der Waals surface area contributed by atoms with E-state index in [9.17, 15) is 8.42 Å². The molecule has 2 aromatic rings. The molecule has 2 heterocycles. The summed E-state index contributed by atoms with van der Waals surface area (Å²) in [5.74, 6) is 0.0369. The summed E-state index contributed by atoms with van der Waals surface area (Å²) in [6.07, 6.45) is 4.57. The van der Waals surface area contributed by atoms with Crippen molar-refractivity contribution in [3.05, 3.63) is 39.5 Å². The predicted octanol–water partition coefficient (Wildman–Crippen LogP) is 2.38. The molecule has 0 saturated heterocycles. The van der Waals surface area contributed by atoms with Crippen LogP contribution >= 0.6 is 27.3 Å². The SMILES string of the molecule is CC(CNS(=O)(=O)c1cncc(Br)c1)c1nccs1. The summed E-state index contributed by atoms with van der Waals surface area (Å²) in [7, 11) is -3.53. The lowest BCUT2D eigenvalue weighted by molar-refractivity contribution is 0.574. The van der Waals surface area contributed by atoms with E-state index in [1.54, 1.807) is 6.20 Å². The van der Waals surface area contributed by atoms with E-state index >= 15 is 0 Å². The second kappa shape index (κ2) is 6.08. The molecule has 0 aliphatic heterocycles. The van der Waals surface area contributed by atoms with E-state index in [0.717, 1.165) is 5.01 Å². The third kappa shape index (κ3) is 3.82. The minimum Gasteiger partial charge on any atom is -0.262 e. The van der Waals surface area contributed by atoms with E-state index in [-0.39, 0.29) is 10.8 Å². The third-order valence-corrected chi connectivity index (χ3v) is 5.27. The highest BCUT2D eigenvalue weighted by atomic mass is 79.9. The van der Waals surface area contributed by atoms with Gasteiger partial charge in [0.2, 0.25) is 10.0 Å². The zero-order valence-electron chi connectivity index (χ0n) is 10.1. The minimum atomic E-state index is -3.53. The van der Waals surface area contributed by atoms with E-state index in [2.05, 4.69) is 30.6 Å². The molecular formula is C11H12BrN3O2S2. The van der Waals surface area contributed by atoms with Crippen LogP contribution in [0.5, 0.6) is 0 Å². The van der Waals surface area contributed by atoms with Crippen molar-refractivity contribution in [1.82, 2.24) is 14.7 Å². The number of nitrogens with one attached hydrogen (secondary N) is 1. The molecule has 1 atom stereocenters. The number of hydrogen-bond acceptors (Lipinski definition) is 5. The Balaban J connectivity index is 2.06. The molecule has 0 aliphatic rings. The second-order valence-corrected chi connectivity index (χ2v) is 7.57. The molecule has 2 rings (SSSR count). The van der Waals surface area contributed by atoms with Crippen LogP contribution in [0.2, 0.25) is 0 Å². The molecule has 0 fully saturated rings. The summed E-state index contributed by atoms with van der Waals surface area (Å²) in [6, 6.07) is 1.52. The summed E-state index contributed by atoms with van der Waals surface area (Å²) in [4.78, 5) is 8.17. The van der Waals surface area contributed by atoms with Crippen molar-refractivity contribution in [3.63, 3.8) is 0 Å². The van der Waals surface area contributed by atoms with Crippen molar-refractivity contribution in [2.24, 2.45) is 0 Å². The quantitative estimate of drug-likeness (QED) is 0.887. The second-order valence-electron chi connectivity index (χ2n) is 3.96. The number of aromatic nitrogens is 2. The Kier molecular flexibility index (Phi) is 4.67. The van der Waals surface area contributed by atoms with E-state index in [4.69, 9.17) is 0 Å². The van der Waals surface area contributed by atoms with Crippen molar-refractivity contribution in [2.75, 3.05) is 6.54 Å². The van der Waals surface area contributed by atoms with Gasteiger partial charge in [-0.25, -0.2) is 18.1 Å². The van der Waals surface area contributed by atoms with Crippen LogP contribution in [-0.4, -0.2) is 24.9 Å². The Labute approximate surface area is 124 Å². The Hall–Kier alpha value is -0.830. The largest absolute Gasteiger partial charge is 0.262 e. The fourth-order valence-electron chi connectivity index (χ4n) is 1.42. The molecule has 1 unspecified atom stereocenters. The summed E-state index contributed by atoms with van der Waals surface area (Å²) in [6.45, 7) is 2.24. The summed E-state index contributed by atoms with van der Waals surface area (Å²) in [5, 5.41) is 2.79. The maximum absolute atomic E-state index is 12.1. The molecule has 0 saturated carbocycles. The highest BCUT2D eigenvalue weighted by molar-refractivity contribution is 9.10. The van der Waals surface area contributed by atoms with Crippen LogP contribution in [0.3, 0.4) is 0 Å². The van der Waals surface area contributed by atoms with E-state index < -0.39 is 10.0 Å². The van der Waals surface area contributed by atoms with Gasteiger partial charge in [0.15, 0.2) is 0 Å². The average molecular weight is 362 g/mol. The first kappa shape index (κ1) is 14.6. The number of nitrogens with zero attached hydrogens (tertiary/aromatic N) is 2. The van der Waals surface area contributed by atoms with Crippen molar-refractivity contribution in [2.45, 2.75) is 17.7 Å². The lowest BCUT2D eigenvalue weighted by Crippen LogP contribution is -2.27. The van der Waals surface area contributed by atoms with Crippen LogP contribution in [0.4, 0.5) is 0 Å². The number of rotatable bonds is 5. The molecule has 102 valence electrons. The molecular weight excluding hydrogens is 350 g/mol. The zero-order valence-corrected chi connectivity index (χ0v) is 13.3. The van der Waals surface area contributed by atoms with Gasteiger partial charge in [-0.05, 0) is 22.0 Å². The number of hydrogen-bond donors (Lipinski definition) is 1. The van der Waals surface area contributed by atoms with Crippen LogP contribution in [0.25, 0.3) is 0 Å². The van der Waals surface area contributed by atoms with Crippen molar-refractivity contribution in [3.8, 4) is 0 Å². The first-order chi connectivity index (χ1) is 8.99. The fourth-order valence-corrected chi connectivity index (χ4v) is 3.76. The maximum atomic E-state index is 12.1. The standard InChI is InChI=1S/C11H12BrN3O2S2/c1-8(11-14-2-3-18-11)5-15-19(16,17)10-4-9(12)6-13-7-10/h2-4,6-8,15H,5H2,1H3. The van der Waals surface area contributed by atoms with Crippen molar-refractivity contribution < 1.29 is 8.42 Å². The molecule has 0 spiro atoms. The van der Waals surface area contributed by atoms with Crippen LogP contribution in [0.15, 0.2) is 39.4 Å². The molecule has 0 bridgehead atoms. The zero-order chi connectivity index (χ0) is 13.9. The topological polar surface area (TPSA) is 72.0 Å². The normalized spacial score (nSPS) is 13.4. The Morgan fingerprint density at radius 3 is 2.89 bits per heavy atom. The van der Waals surface area contributed by atoms with Crippen LogP contribution in [-0.2, 0) is 10.0 Å². The lowest BCUT2D eigenvalue weighted by Gasteiger charge is -2.10. The van der Waals surface area contributed by atoms with Crippen LogP contribution in [0.1, 0.15) is 17.8 Å². The highest BCUT2D eigenvalue weighted by Crippen LogP contribution is 2.18. The fraction of sp³-hybridized carbons (Fsp3) is 0.273. The Bertz CT molecular complexity index is 644. The molecule has 8 heteroatoms. The van der Waals surface area contributed by atoms with Crippen LogP contribution < -0.4 is 4.72 Å². The smallest absolute Gasteiger partial charge is 0.242 e. The van der Waals surface area contributed by atoms with Gasteiger partial charge in [-0.1, -0.05) is 6.92 Å². The van der Waals surface area contributed by atoms with E-state index in [1.807, 2.05) is 12.3 Å². The molecule has 0 aliphatic carbocycles. The lowest BCUT2D eigenvalue weighted by atomic mass is 10.2. The first-order valence-electron chi connectivity index (χ1n) is 5.48. The number of halogens is 1. The molecule has 5 nitrogen and oxygen atoms in total. The van der Waals surface area contributed by atoms with Gasteiger partial charge in [0, 0.05) is 40.9 Å². The molecule has 2 aromatic heterocycles. The minimum absolute atomic E-state index is 0.0369. The molecule has 19 heavy (non-hydrogen) atoms. The summed E-state index contributed by atoms with van der Waals surface area (Å²) >= 11 is 4.72. The first-order valence-corrected chi connectivity index (χ1v) is 8.64. The third-order valence-electron chi connectivity index (χ3n) is 2.44. The van der Waals surface area contributed by atoms with Gasteiger partial charge >= 0.3 is 0 Å². The van der Waals surface area contributed by atoms with Gasteiger partial charge < -0.3 is 0 Å². The molecule has 0 radical (unpaired) electrons. The van der Waals surface area contributed by atoms with Gasteiger partial charge in [0.05, 0.1) is 5.01 Å². The average Bonchev–Trinajstić information content (AvgIpc) is 2.90.